The van der Waals surface area contributed by atoms with E-state index < -0.39 is 0 Å². The maximum atomic E-state index is 4.50. The van der Waals surface area contributed by atoms with Gasteiger partial charge in [0, 0.05) is 0 Å². The molecule has 2 heteroatoms. The highest BCUT2D eigenvalue weighted by Crippen LogP contribution is 2.34. The fourth-order valence-electron chi connectivity index (χ4n) is 2.26. The summed E-state index contributed by atoms with van der Waals surface area (Å²) in [6.45, 7) is 17.4. The Morgan fingerprint density at radius 1 is 0.842 bits per heavy atom. The van der Waals surface area contributed by atoms with Gasteiger partial charge in [0.25, 0.3) is 0 Å². The summed E-state index contributed by atoms with van der Waals surface area (Å²) >= 11 is 0. The molecule has 0 amide bonds. The zero-order valence-electron chi connectivity index (χ0n) is 13.7. The van der Waals surface area contributed by atoms with Crippen LogP contribution in [-0.4, -0.2) is 9.97 Å². The molecule has 1 heterocycles. The lowest BCUT2D eigenvalue weighted by Gasteiger charge is -2.24. The standard InChI is InChI=1S/C15H22N2.C2H6/c1-14(2,3)10-7-8-11(15(4,5)6)13-12(10)16-9-17-13;1-2/h7-9H,1-6H3,(H,16,17);1-2H3. The van der Waals surface area contributed by atoms with Crippen molar-refractivity contribution in [2.45, 2.75) is 66.2 Å². The molecule has 106 valence electrons. The van der Waals surface area contributed by atoms with Crippen molar-refractivity contribution < 1.29 is 0 Å². The summed E-state index contributed by atoms with van der Waals surface area (Å²) in [4.78, 5) is 7.80. The number of aromatic amines is 1. The van der Waals surface area contributed by atoms with E-state index >= 15 is 0 Å². The predicted octanol–water partition coefficient (Wildman–Crippen LogP) is 5.18. The lowest BCUT2D eigenvalue weighted by molar-refractivity contribution is 0.584. The number of rotatable bonds is 0. The van der Waals surface area contributed by atoms with Crippen molar-refractivity contribution in [1.82, 2.24) is 9.97 Å². The van der Waals surface area contributed by atoms with Gasteiger partial charge in [0.15, 0.2) is 0 Å². The third-order valence-corrected chi connectivity index (χ3v) is 3.20. The van der Waals surface area contributed by atoms with Crippen molar-refractivity contribution in [1.29, 1.82) is 0 Å². The smallest absolute Gasteiger partial charge is 0.0932 e. The molecule has 0 aliphatic rings. The number of nitrogens with zero attached hydrogens (tertiary/aromatic N) is 1. The monoisotopic (exact) mass is 260 g/mol. The van der Waals surface area contributed by atoms with Crippen LogP contribution < -0.4 is 0 Å². The molecule has 0 bridgehead atoms. The fraction of sp³-hybridized carbons (Fsp3) is 0.588. The molecule has 19 heavy (non-hydrogen) atoms. The minimum Gasteiger partial charge on any atom is -0.344 e. The average molecular weight is 260 g/mol. The van der Waals surface area contributed by atoms with E-state index in [0.29, 0.717) is 0 Å². The third-order valence-electron chi connectivity index (χ3n) is 3.20. The summed E-state index contributed by atoms with van der Waals surface area (Å²) in [6, 6.07) is 4.46. The number of aromatic nitrogens is 2. The topological polar surface area (TPSA) is 28.7 Å². The molecule has 0 radical (unpaired) electrons. The van der Waals surface area contributed by atoms with Gasteiger partial charge in [-0.25, -0.2) is 4.98 Å². The number of hydrogen-bond acceptors (Lipinski definition) is 1. The van der Waals surface area contributed by atoms with E-state index in [1.807, 2.05) is 13.8 Å². The van der Waals surface area contributed by atoms with Crippen LogP contribution in [0.1, 0.15) is 66.5 Å². The van der Waals surface area contributed by atoms with Gasteiger partial charge in [0.05, 0.1) is 17.4 Å². The first-order valence-electron chi connectivity index (χ1n) is 7.18. The Morgan fingerprint density at radius 2 is 1.32 bits per heavy atom. The molecule has 0 fully saturated rings. The Balaban J connectivity index is 0.000000861. The van der Waals surface area contributed by atoms with Gasteiger partial charge in [0.2, 0.25) is 0 Å². The van der Waals surface area contributed by atoms with Gasteiger partial charge in [-0.1, -0.05) is 67.5 Å². The number of H-pyrrole nitrogens is 1. The summed E-state index contributed by atoms with van der Waals surface area (Å²) < 4.78 is 0. The Kier molecular flexibility index (Phi) is 4.44. The Bertz CT molecular complexity index is 488. The Labute approximate surface area is 117 Å². The molecule has 0 saturated heterocycles. The molecule has 1 aromatic carbocycles. The van der Waals surface area contributed by atoms with E-state index in [2.05, 4.69) is 63.6 Å². The highest BCUT2D eigenvalue weighted by atomic mass is 14.9. The molecule has 0 aliphatic carbocycles. The molecule has 0 atom stereocenters. The van der Waals surface area contributed by atoms with Crippen LogP contribution in [0.15, 0.2) is 18.5 Å². The zero-order chi connectivity index (χ0) is 14.8. The summed E-state index contributed by atoms with van der Waals surface area (Å²) in [5, 5.41) is 0. The predicted molar refractivity (Wildman–Crippen MR) is 84.8 cm³/mol. The lowest BCUT2D eigenvalue weighted by Crippen LogP contribution is -2.16. The van der Waals surface area contributed by atoms with Crippen LogP contribution in [0.3, 0.4) is 0 Å². The molecule has 0 unspecified atom stereocenters. The van der Waals surface area contributed by atoms with Crippen molar-refractivity contribution >= 4 is 11.0 Å². The molecule has 1 aromatic heterocycles. The molecule has 0 saturated carbocycles. The maximum Gasteiger partial charge on any atom is 0.0932 e. The van der Waals surface area contributed by atoms with Crippen LogP contribution in [0.5, 0.6) is 0 Å². The van der Waals surface area contributed by atoms with Crippen LogP contribution in [-0.2, 0) is 10.8 Å². The molecule has 0 spiro atoms. The first-order valence-corrected chi connectivity index (χ1v) is 7.18. The number of imidazole rings is 1. The second kappa shape index (κ2) is 5.36. The average Bonchev–Trinajstić information content (AvgIpc) is 2.76. The maximum absolute atomic E-state index is 4.50. The Morgan fingerprint density at radius 3 is 1.79 bits per heavy atom. The Hall–Kier alpha value is -1.31. The molecule has 2 nitrogen and oxygen atoms in total. The van der Waals surface area contributed by atoms with Crippen molar-refractivity contribution in [3.63, 3.8) is 0 Å². The number of benzene rings is 1. The fourth-order valence-corrected chi connectivity index (χ4v) is 2.26. The second-order valence-electron chi connectivity index (χ2n) is 6.79. The van der Waals surface area contributed by atoms with Gasteiger partial charge in [-0.05, 0) is 22.0 Å². The summed E-state index contributed by atoms with van der Waals surface area (Å²) in [5.41, 5.74) is 5.21. The van der Waals surface area contributed by atoms with E-state index in [0.717, 1.165) is 5.52 Å². The molecule has 1 N–H and O–H groups in total. The highest BCUT2D eigenvalue weighted by Gasteiger charge is 2.23. The molecule has 2 rings (SSSR count). The summed E-state index contributed by atoms with van der Waals surface area (Å²) in [6.07, 6.45) is 1.80. The number of hydrogen-bond donors (Lipinski definition) is 1. The first-order chi connectivity index (χ1) is 8.71. The van der Waals surface area contributed by atoms with Gasteiger partial charge < -0.3 is 4.98 Å². The van der Waals surface area contributed by atoms with Crippen LogP contribution in [0, 0.1) is 0 Å². The van der Waals surface area contributed by atoms with E-state index in [4.69, 9.17) is 0 Å². The molecule has 2 aromatic rings. The van der Waals surface area contributed by atoms with Crippen LogP contribution in [0.4, 0.5) is 0 Å². The van der Waals surface area contributed by atoms with Crippen molar-refractivity contribution in [3.05, 3.63) is 29.6 Å². The highest BCUT2D eigenvalue weighted by molar-refractivity contribution is 5.83. The van der Waals surface area contributed by atoms with E-state index in [9.17, 15) is 0 Å². The van der Waals surface area contributed by atoms with Gasteiger partial charge in [-0.15, -0.1) is 0 Å². The van der Waals surface area contributed by atoms with Gasteiger partial charge in [-0.3, -0.25) is 0 Å². The second-order valence-corrected chi connectivity index (χ2v) is 6.79. The van der Waals surface area contributed by atoms with Crippen molar-refractivity contribution in [2.75, 3.05) is 0 Å². The van der Waals surface area contributed by atoms with Crippen molar-refractivity contribution in [3.8, 4) is 0 Å². The normalized spacial score (nSPS) is 12.2. The summed E-state index contributed by atoms with van der Waals surface area (Å²) in [5.74, 6) is 0. The van der Waals surface area contributed by atoms with Crippen LogP contribution in [0.2, 0.25) is 0 Å². The molecule has 0 aliphatic heterocycles. The molecular weight excluding hydrogens is 232 g/mol. The van der Waals surface area contributed by atoms with E-state index in [1.54, 1.807) is 6.33 Å². The first kappa shape index (κ1) is 15.7. The lowest BCUT2D eigenvalue weighted by atomic mass is 9.81. The number of nitrogens with one attached hydrogen (secondary N) is 1. The SMILES string of the molecule is CC.CC(C)(C)c1ccc(C(C)(C)C)c2[nH]cnc12. The largest absolute Gasteiger partial charge is 0.344 e. The van der Waals surface area contributed by atoms with Crippen LogP contribution in [0.25, 0.3) is 11.0 Å². The van der Waals surface area contributed by atoms with Gasteiger partial charge in [-0.2, -0.15) is 0 Å². The van der Waals surface area contributed by atoms with Gasteiger partial charge >= 0.3 is 0 Å². The minimum atomic E-state index is 0.129. The van der Waals surface area contributed by atoms with Crippen LogP contribution >= 0.6 is 0 Å². The molecular formula is C17H28N2. The van der Waals surface area contributed by atoms with Gasteiger partial charge in [0.1, 0.15) is 0 Å². The zero-order valence-corrected chi connectivity index (χ0v) is 13.7. The number of fused-ring (bicyclic) bond motifs is 1. The minimum absolute atomic E-state index is 0.129. The quantitative estimate of drug-likeness (QED) is 0.694. The summed E-state index contributed by atoms with van der Waals surface area (Å²) in [7, 11) is 0. The van der Waals surface area contributed by atoms with Crippen molar-refractivity contribution in [2.24, 2.45) is 0 Å². The van der Waals surface area contributed by atoms with E-state index in [-0.39, 0.29) is 10.8 Å². The third kappa shape index (κ3) is 3.17. The van der Waals surface area contributed by atoms with E-state index in [1.165, 1.54) is 16.6 Å².